The fourth-order valence-electron chi connectivity index (χ4n) is 3.08. The van der Waals surface area contributed by atoms with Gasteiger partial charge in [-0.05, 0) is 49.9 Å². The molecule has 0 spiro atoms. The van der Waals surface area contributed by atoms with E-state index >= 15 is 0 Å². The van der Waals surface area contributed by atoms with Gasteiger partial charge in [-0.2, -0.15) is 0 Å². The fourth-order valence-corrected chi connectivity index (χ4v) is 4.09. The number of hydrogen-bond donors (Lipinski definition) is 1. The summed E-state index contributed by atoms with van der Waals surface area (Å²) in [6, 6.07) is 9.51. The number of amides is 1. The molecule has 5 nitrogen and oxygen atoms in total. The smallest absolute Gasteiger partial charge is 0.224 e. The SMILES string of the molecule is Cc1cc(N2CCN(C)CC2)ccc1NC(=O)CCC(=O)c1ccc(Cl)s1. The van der Waals surface area contributed by atoms with Crippen molar-refractivity contribution in [2.24, 2.45) is 0 Å². The number of carbonyl (C=O) groups excluding carboxylic acids is 2. The molecule has 1 N–H and O–H groups in total. The molecule has 1 amide bonds. The Morgan fingerprint density at radius 3 is 2.48 bits per heavy atom. The Labute approximate surface area is 168 Å². The summed E-state index contributed by atoms with van der Waals surface area (Å²) in [5, 5.41) is 2.92. The summed E-state index contributed by atoms with van der Waals surface area (Å²) in [5.74, 6) is -0.203. The second kappa shape index (κ2) is 8.87. The zero-order valence-corrected chi connectivity index (χ0v) is 17.2. The van der Waals surface area contributed by atoms with Gasteiger partial charge in [-0.15, -0.1) is 11.3 Å². The minimum atomic E-state index is -0.151. The molecule has 0 saturated carbocycles. The van der Waals surface area contributed by atoms with Crippen LogP contribution in [0.1, 0.15) is 28.1 Å². The van der Waals surface area contributed by atoms with Crippen molar-refractivity contribution in [1.82, 2.24) is 4.90 Å². The number of halogens is 1. The van der Waals surface area contributed by atoms with Gasteiger partial charge in [-0.1, -0.05) is 11.6 Å². The number of Topliss-reactive ketones (excluding diaryl/α,β-unsaturated/α-hetero) is 1. The summed E-state index contributed by atoms with van der Waals surface area (Å²) in [7, 11) is 2.14. The molecule has 3 rings (SSSR count). The minimum absolute atomic E-state index is 0.0517. The lowest BCUT2D eigenvalue weighted by molar-refractivity contribution is -0.116. The van der Waals surface area contributed by atoms with Gasteiger partial charge in [0, 0.05) is 50.4 Å². The van der Waals surface area contributed by atoms with Crippen LogP contribution in [0, 0.1) is 6.92 Å². The molecular formula is C20H24ClN3O2S. The highest BCUT2D eigenvalue weighted by molar-refractivity contribution is 7.18. The molecule has 1 aliphatic rings. The molecule has 144 valence electrons. The summed E-state index contributed by atoms with van der Waals surface area (Å²) >= 11 is 7.09. The molecule has 1 saturated heterocycles. The number of nitrogens with zero attached hydrogens (tertiary/aromatic N) is 2. The molecule has 0 aliphatic carbocycles. The van der Waals surface area contributed by atoms with Crippen LogP contribution >= 0.6 is 22.9 Å². The fraction of sp³-hybridized carbons (Fsp3) is 0.400. The van der Waals surface area contributed by atoms with Crippen LogP contribution in [0.3, 0.4) is 0 Å². The van der Waals surface area contributed by atoms with Crippen LogP contribution in [0.15, 0.2) is 30.3 Å². The van der Waals surface area contributed by atoms with Gasteiger partial charge in [-0.25, -0.2) is 0 Å². The number of hydrogen-bond acceptors (Lipinski definition) is 5. The van der Waals surface area contributed by atoms with E-state index in [1.807, 2.05) is 19.1 Å². The van der Waals surface area contributed by atoms with Crippen molar-refractivity contribution in [3.63, 3.8) is 0 Å². The molecule has 2 aromatic rings. The normalized spacial score (nSPS) is 15.0. The maximum atomic E-state index is 12.2. The van der Waals surface area contributed by atoms with Crippen molar-refractivity contribution in [1.29, 1.82) is 0 Å². The van der Waals surface area contributed by atoms with Crippen molar-refractivity contribution in [2.45, 2.75) is 19.8 Å². The Kier molecular flexibility index (Phi) is 6.52. The first-order valence-corrected chi connectivity index (χ1v) is 10.2. The van der Waals surface area contributed by atoms with E-state index in [-0.39, 0.29) is 24.5 Å². The van der Waals surface area contributed by atoms with Gasteiger partial charge in [0.1, 0.15) is 0 Å². The van der Waals surface area contributed by atoms with E-state index in [0.29, 0.717) is 9.21 Å². The molecule has 1 aromatic heterocycles. The predicted octanol–water partition coefficient (Wildman–Crippen LogP) is 4.06. The number of anilines is 2. The first kappa shape index (κ1) is 19.9. The lowest BCUT2D eigenvalue weighted by Gasteiger charge is -2.34. The van der Waals surface area contributed by atoms with E-state index in [0.717, 1.165) is 37.4 Å². The van der Waals surface area contributed by atoms with Crippen LogP contribution in [-0.2, 0) is 4.79 Å². The third-order valence-electron chi connectivity index (χ3n) is 4.78. The van der Waals surface area contributed by atoms with Crippen LogP contribution in [0.4, 0.5) is 11.4 Å². The standard InChI is InChI=1S/C20H24ClN3O2S/c1-14-13-15(24-11-9-23(2)10-12-24)3-4-16(14)22-20(26)8-5-17(25)18-6-7-19(21)27-18/h3-4,6-7,13H,5,8-12H2,1-2H3,(H,22,26). The Morgan fingerprint density at radius 1 is 1.11 bits per heavy atom. The number of likely N-dealkylation sites (N-methyl/N-ethyl adjacent to an activating group) is 1. The minimum Gasteiger partial charge on any atom is -0.369 e. The molecular weight excluding hydrogens is 382 g/mol. The Balaban J connectivity index is 1.54. The number of piperazine rings is 1. The third-order valence-corrected chi connectivity index (χ3v) is 6.05. The number of nitrogens with one attached hydrogen (secondary N) is 1. The molecule has 27 heavy (non-hydrogen) atoms. The van der Waals surface area contributed by atoms with Crippen molar-refractivity contribution < 1.29 is 9.59 Å². The van der Waals surface area contributed by atoms with E-state index < -0.39 is 0 Å². The van der Waals surface area contributed by atoms with Crippen LogP contribution in [0.5, 0.6) is 0 Å². The number of aryl methyl sites for hydroxylation is 1. The summed E-state index contributed by atoms with van der Waals surface area (Å²) in [6.45, 7) is 6.13. The zero-order valence-electron chi connectivity index (χ0n) is 15.6. The number of thiophene rings is 1. The Morgan fingerprint density at radius 2 is 1.85 bits per heavy atom. The van der Waals surface area contributed by atoms with Crippen LogP contribution in [0.2, 0.25) is 4.34 Å². The van der Waals surface area contributed by atoms with Gasteiger partial charge >= 0.3 is 0 Å². The average molecular weight is 406 g/mol. The lowest BCUT2D eigenvalue weighted by atomic mass is 10.1. The number of carbonyl (C=O) groups is 2. The Bertz CT molecular complexity index is 828. The number of benzene rings is 1. The van der Waals surface area contributed by atoms with Crippen LogP contribution in [0.25, 0.3) is 0 Å². The largest absolute Gasteiger partial charge is 0.369 e. The van der Waals surface area contributed by atoms with E-state index in [1.165, 1.54) is 17.0 Å². The third kappa shape index (κ3) is 5.31. The van der Waals surface area contributed by atoms with Crippen molar-refractivity contribution >= 4 is 46.0 Å². The summed E-state index contributed by atoms with van der Waals surface area (Å²) in [5.41, 5.74) is 3.00. The molecule has 1 aliphatic heterocycles. The highest BCUT2D eigenvalue weighted by Gasteiger charge is 2.16. The molecule has 0 radical (unpaired) electrons. The van der Waals surface area contributed by atoms with Crippen molar-refractivity contribution in [3.8, 4) is 0 Å². The van der Waals surface area contributed by atoms with Crippen LogP contribution < -0.4 is 10.2 Å². The van der Waals surface area contributed by atoms with Gasteiger partial charge < -0.3 is 15.1 Å². The van der Waals surface area contributed by atoms with Crippen LogP contribution in [-0.4, -0.2) is 49.8 Å². The topological polar surface area (TPSA) is 52.6 Å². The lowest BCUT2D eigenvalue weighted by Crippen LogP contribution is -2.44. The average Bonchev–Trinajstić information content (AvgIpc) is 3.08. The quantitative estimate of drug-likeness (QED) is 0.736. The maximum absolute atomic E-state index is 12.2. The first-order chi connectivity index (χ1) is 12.9. The summed E-state index contributed by atoms with van der Waals surface area (Å²) in [4.78, 5) is 29.6. The van der Waals surface area contributed by atoms with Crippen molar-refractivity contribution in [3.05, 3.63) is 45.1 Å². The van der Waals surface area contributed by atoms with E-state index in [2.05, 4.69) is 28.2 Å². The van der Waals surface area contributed by atoms with Gasteiger partial charge in [0.2, 0.25) is 5.91 Å². The highest BCUT2D eigenvalue weighted by Crippen LogP contribution is 2.25. The summed E-state index contributed by atoms with van der Waals surface area (Å²) in [6.07, 6.45) is 0.342. The molecule has 1 fully saturated rings. The predicted molar refractivity (Wildman–Crippen MR) is 112 cm³/mol. The molecule has 0 bridgehead atoms. The first-order valence-electron chi connectivity index (χ1n) is 9.05. The van der Waals surface area contributed by atoms with Gasteiger partial charge in [0.15, 0.2) is 5.78 Å². The monoisotopic (exact) mass is 405 g/mol. The second-order valence-electron chi connectivity index (χ2n) is 6.86. The molecule has 0 unspecified atom stereocenters. The molecule has 7 heteroatoms. The Hall–Kier alpha value is -1.89. The zero-order chi connectivity index (χ0) is 19.4. The second-order valence-corrected chi connectivity index (χ2v) is 8.58. The highest BCUT2D eigenvalue weighted by atomic mass is 35.5. The van der Waals surface area contributed by atoms with E-state index in [4.69, 9.17) is 11.6 Å². The van der Waals surface area contributed by atoms with Gasteiger partial charge in [0.25, 0.3) is 0 Å². The number of ketones is 1. The molecule has 0 atom stereocenters. The van der Waals surface area contributed by atoms with Gasteiger partial charge in [-0.3, -0.25) is 9.59 Å². The van der Waals surface area contributed by atoms with E-state index in [1.54, 1.807) is 12.1 Å². The molecule has 1 aromatic carbocycles. The summed E-state index contributed by atoms with van der Waals surface area (Å²) < 4.78 is 0.582. The maximum Gasteiger partial charge on any atom is 0.224 e. The van der Waals surface area contributed by atoms with Gasteiger partial charge in [0.05, 0.1) is 9.21 Å². The van der Waals surface area contributed by atoms with E-state index in [9.17, 15) is 9.59 Å². The number of rotatable bonds is 6. The van der Waals surface area contributed by atoms with Crippen molar-refractivity contribution in [2.75, 3.05) is 43.4 Å². The molecule has 2 heterocycles.